The average molecular weight is 314 g/mol. The Morgan fingerprint density at radius 3 is 2.21 bits per heavy atom. The van der Waals surface area contributed by atoms with Crippen molar-refractivity contribution in [3.05, 3.63) is 33.8 Å². The van der Waals surface area contributed by atoms with E-state index in [9.17, 15) is 18.0 Å². The van der Waals surface area contributed by atoms with Gasteiger partial charge < -0.3 is 4.90 Å². The van der Waals surface area contributed by atoms with Crippen molar-refractivity contribution in [2.24, 2.45) is 0 Å². The molecule has 7 heteroatoms. The summed E-state index contributed by atoms with van der Waals surface area (Å²) in [5.41, 5.74) is 0.344. The Kier molecular flexibility index (Phi) is 5.50. The number of nitrogens with zero attached hydrogens (tertiary/aromatic N) is 1. The lowest BCUT2D eigenvalue weighted by atomic mass is 10.1. The normalized spacial score (nSPS) is 11.5. The van der Waals surface area contributed by atoms with Crippen molar-refractivity contribution in [1.82, 2.24) is 4.90 Å². The van der Waals surface area contributed by atoms with E-state index in [0.717, 1.165) is 4.90 Å². The Balaban J connectivity index is 2.83. The maximum absolute atomic E-state index is 12.3. The minimum atomic E-state index is -4.42. The molecule has 1 rings (SSSR count). The van der Waals surface area contributed by atoms with Crippen LogP contribution in [0.15, 0.2) is 18.2 Å². The molecule has 0 atom stereocenters. The van der Waals surface area contributed by atoms with Gasteiger partial charge in [0.15, 0.2) is 0 Å². The van der Waals surface area contributed by atoms with Crippen molar-refractivity contribution >= 4 is 29.1 Å². The molecule has 1 amide bonds. The molecule has 0 saturated carbocycles. The lowest BCUT2D eigenvalue weighted by molar-refractivity contribution is -0.160. The number of carbonyl (C=O) groups excluding carboxylic acids is 1. The van der Waals surface area contributed by atoms with Crippen LogP contribution < -0.4 is 0 Å². The van der Waals surface area contributed by atoms with E-state index < -0.39 is 18.6 Å². The first-order chi connectivity index (χ1) is 8.74. The Bertz CT molecular complexity index is 443. The molecular formula is C12H12Cl2F3NO. The molecule has 0 bridgehead atoms. The van der Waals surface area contributed by atoms with E-state index in [4.69, 9.17) is 23.2 Å². The van der Waals surface area contributed by atoms with Crippen LogP contribution in [0.4, 0.5) is 13.2 Å². The largest absolute Gasteiger partial charge is 0.406 e. The first kappa shape index (κ1) is 16.1. The fourth-order valence-electron chi connectivity index (χ4n) is 1.56. The molecular weight excluding hydrogens is 302 g/mol. The predicted octanol–water partition coefficient (Wildman–Crippen LogP) is 3.95. The van der Waals surface area contributed by atoms with E-state index >= 15 is 0 Å². The zero-order valence-corrected chi connectivity index (χ0v) is 11.6. The summed E-state index contributed by atoms with van der Waals surface area (Å²) in [5, 5.41) is 0.535. The third-order valence-electron chi connectivity index (χ3n) is 2.49. The van der Waals surface area contributed by atoms with Crippen LogP contribution in [0.25, 0.3) is 0 Å². The highest BCUT2D eigenvalue weighted by Crippen LogP contribution is 2.25. The van der Waals surface area contributed by atoms with Gasteiger partial charge in [-0.3, -0.25) is 4.79 Å². The number of hydrogen-bond donors (Lipinski definition) is 0. The Hall–Kier alpha value is -0.940. The van der Waals surface area contributed by atoms with Gasteiger partial charge >= 0.3 is 6.18 Å². The number of carbonyl (C=O) groups is 1. The van der Waals surface area contributed by atoms with Gasteiger partial charge in [-0.25, -0.2) is 0 Å². The van der Waals surface area contributed by atoms with Gasteiger partial charge in [-0.15, -0.1) is 0 Å². The van der Waals surface area contributed by atoms with Crippen LogP contribution in [0.1, 0.15) is 12.5 Å². The number of hydrogen-bond acceptors (Lipinski definition) is 1. The Labute approximate surface area is 119 Å². The molecule has 0 aliphatic rings. The molecule has 0 aromatic heterocycles. The summed E-state index contributed by atoms with van der Waals surface area (Å²) in [6.45, 7) is 0.183. The highest BCUT2D eigenvalue weighted by Gasteiger charge is 2.32. The molecule has 1 aromatic rings. The third-order valence-corrected chi connectivity index (χ3v) is 3.20. The summed E-state index contributed by atoms with van der Waals surface area (Å²) in [6, 6.07) is 4.68. The molecule has 2 nitrogen and oxygen atoms in total. The molecule has 0 fully saturated rings. The van der Waals surface area contributed by atoms with Gasteiger partial charge in [-0.05, 0) is 24.6 Å². The van der Waals surface area contributed by atoms with Crippen LogP contribution >= 0.6 is 23.2 Å². The molecule has 106 valence electrons. The third kappa shape index (κ3) is 4.91. The van der Waals surface area contributed by atoms with E-state index in [-0.39, 0.29) is 23.0 Å². The van der Waals surface area contributed by atoms with Crippen molar-refractivity contribution < 1.29 is 18.0 Å². The number of benzene rings is 1. The second-order valence-electron chi connectivity index (χ2n) is 3.90. The Morgan fingerprint density at radius 1 is 1.26 bits per heavy atom. The van der Waals surface area contributed by atoms with Gasteiger partial charge in [0, 0.05) is 16.6 Å². The summed E-state index contributed by atoms with van der Waals surface area (Å²) < 4.78 is 36.9. The quantitative estimate of drug-likeness (QED) is 0.824. The number of alkyl halides is 3. The van der Waals surface area contributed by atoms with E-state index in [0.29, 0.717) is 5.56 Å². The van der Waals surface area contributed by atoms with E-state index in [1.807, 2.05) is 0 Å². The van der Waals surface area contributed by atoms with Gasteiger partial charge in [-0.1, -0.05) is 29.3 Å². The first-order valence-electron chi connectivity index (χ1n) is 5.52. The van der Waals surface area contributed by atoms with Crippen molar-refractivity contribution in [1.29, 1.82) is 0 Å². The van der Waals surface area contributed by atoms with Crippen molar-refractivity contribution in [2.45, 2.75) is 19.5 Å². The molecule has 0 aliphatic heterocycles. The van der Waals surface area contributed by atoms with Crippen LogP contribution in [0.5, 0.6) is 0 Å². The van der Waals surface area contributed by atoms with Gasteiger partial charge in [0.2, 0.25) is 5.91 Å². The molecule has 0 radical (unpaired) electrons. The van der Waals surface area contributed by atoms with E-state index in [2.05, 4.69) is 0 Å². The lowest BCUT2D eigenvalue weighted by Gasteiger charge is -2.22. The summed E-state index contributed by atoms with van der Waals surface area (Å²) in [4.78, 5) is 12.6. The van der Waals surface area contributed by atoms with Crippen molar-refractivity contribution in [3.8, 4) is 0 Å². The van der Waals surface area contributed by atoms with Crippen molar-refractivity contribution in [2.75, 3.05) is 13.1 Å². The maximum atomic E-state index is 12.3. The molecule has 0 aliphatic carbocycles. The zero-order valence-electron chi connectivity index (χ0n) is 10.1. The summed E-state index contributed by atoms with van der Waals surface area (Å²) >= 11 is 11.8. The van der Waals surface area contributed by atoms with Gasteiger partial charge in [0.1, 0.15) is 6.54 Å². The van der Waals surface area contributed by atoms with Crippen LogP contribution in [-0.2, 0) is 11.2 Å². The smallest absolute Gasteiger partial charge is 0.334 e. The summed E-state index contributed by atoms with van der Waals surface area (Å²) in [6.07, 6.45) is -4.67. The fraction of sp³-hybridized carbons (Fsp3) is 0.417. The molecule has 0 N–H and O–H groups in total. The standard InChI is InChI=1S/C12H12Cl2F3NO/c1-2-18(7-12(15,16)17)11(19)6-8-9(13)4-3-5-10(8)14/h3-5H,2,6-7H2,1H3. The van der Waals surface area contributed by atoms with Crippen LogP contribution in [0.2, 0.25) is 10.0 Å². The van der Waals surface area contributed by atoms with Gasteiger partial charge in [-0.2, -0.15) is 13.2 Å². The Morgan fingerprint density at radius 2 is 1.79 bits per heavy atom. The number of amides is 1. The van der Waals surface area contributed by atoms with Crippen LogP contribution in [-0.4, -0.2) is 30.1 Å². The van der Waals surface area contributed by atoms with Gasteiger partial charge in [0.05, 0.1) is 6.42 Å². The average Bonchev–Trinajstić information content (AvgIpc) is 2.29. The van der Waals surface area contributed by atoms with Crippen molar-refractivity contribution in [3.63, 3.8) is 0 Å². The summed E-state index contributed by atoms with van der Waals surface area (Å²) in [7, 11) is 0. The van der Waals surface area contributed by atoms with E-state index in [1.54, 1.807) is 6.07 Å². The maximum Gasteiger partial charge on any atom is 0.406 e. The second kappa shape index (κ2) is 6.48. The predicted molar refractivity (Wildman–Crippen MR) is 68.5 cm³/mol. The molecule has 0 spiro atoms. The SMILES string of the molecule is CCN(CC(F)(F)F)C(=O)Cc1c(Cl)cccc1Cl. The van der Waals surface area contributed by atoms with E-state index in [1.165, 1.54) is 19.1 Å². The molecule has 19 heavy (non-hydrogen) atoms. The first-order valence-corrected chi connectivity index (χ1v) is 6.27. The summed E-state index contributed by atoms with van der Waals surface area (Å²) in [5.74, 6) is -0.658. The van der Waals surface area contributed by atoms with Crippen LogP contribution in [0, 0.1) is 0 Å². The minimum absolute atomic E-state index is 0.0274. The number of rotatable bonds is 4. The zero-order chi connectivity index (χ0) is 14.6. The lowest BCUT2D eigenvalue weighted by Crippen LogP contribution is -2.39. The molecule has 0 saturated heterocycles. The monoisotopic (exact) mass is 313 g/mol. The molecule has 1 aromatic carbocycles. The number of halogens is 5. The fourth-order valence-corrected chi connectivity index (χ4v) is 2.09. The molecule has 0 heterocycles. The van der Waals surface area contributed by atoms with Crippen LogP contribution in [0.3, 0.4) is 0 Å². The number of likely N-dealkylation sites (N-methyl/N-ethyl adjacent to an activating group) is 1. The second-order valence-corrected chi connectivity index (χ2v) is 4.71. The van der Waals surface area contributed by atoms with Gasteiger partial charge in [0.25, 0.3) is 0 Å². The highest BCUT2D eigenvalue weighted by atomic mass is 35.5. The highest BCUT2D eigenvalue weighted by molar-refractivity contribution is 6.36. The minimum Gasteiger partial charge on any atom is -0.334 e. The topological polar surface area (TPSA) is 20.3 Å². The molecule has 0 unspecified atom stereocenters.